The number of nitrogens with zero attached hydrogens (tertiary/aromatic N) is 3. The fourth-order valence-electron chi connectivity index (χ4n) is 3.21. The Morgan fingerprint density at radius 3 is 2.79 bits per heavy atom. The van der Waals surface area contributed by atoms with Crippen LogP contribution in [-0.2, 0) is 11.3 Å². The zero-order valence-corrected chi connectivity index (χ0v) is 16.0. The summed E-state index contributed by atoms with van der Waals surface area (Å²) >= 11 is 6.02. The van der Waals surface area contributed by atoms with Crippen LogP contribution in [0.4, 0.5) is 5.69 Å². The van der Waals surface area contributed by atoms with Crippen LogP contribution in [0.2, 0.25) is 5.02 Å². The Bertz CT molecular complexity index is 1280. The Labute approximate surface area is 165 Å². The summed E-state index contributed by atoms with van der Waals surface area (Å²) in [6.07, 6.45) is 0. The first kappa shape index (κ1) is 18.1. The zero-order chi connectivity index (χ0) is 19.8. The maximum atomic E-state index is 13.0. The van der Waals surface area contributed by atoms with Crippen molar-refractivity contribution < 1.29 is 9.53 Å². The number of aryl methyl sites for hydroxylation is 1. The van der Waals surface area contributed by atoms with Gasteiger partial charge in [-0.2, -0.15) is 5.10 Å². The molecule has 0 aliphatic carbocycles. The highest BCUT2D eigenvalue weighted by Gasteiger charge is 2.16. The molecule has 0 radical (unpaired) electrons. The van der Waals surface area contributed by atoms with Gasteiger partial charge in [-0.15, -0.1) is 0 Å². The Hall–Kier alpha value is -3.32. The van der Waals surface area contributed by atoms with E-state index in [0.29, 0.717) is 33.0 Å². The molecule has 0 bridgehead atoms. The normalized spacial score (nSPS) is 11.1. The molecule has 2 aromatic heterocycles. The quantitative estimate of drug-likeness (QED) is 0.574. The summed E-state index contributed by atoms with van der Waals surface area (Å²) in [6, 6.07) is 13.9. The van der Waals surface area contributed by atoms with Crippen LogP contribution in [0.5, 0.6) is 5.75 Å². The SMILES string of the molecule is COc1ccc(Cl)cc1NC(=O)Cn1c(=O)c2ccccc2n2nc(C)cc12. The van der Waals surface area contributed by atoms with E-state index in [2.05, 4.69) is 10.4 Å². The van der Waals surface area contributed by atoms with Gasteiger partial charge in [-0.3, -0.25) is 14.2 Å². The number of halogens is 1. The van der Waals surface area contributed by atoms with E-state index in [1.807, 2.05) is 19.1 Å². The number of nitrogens with one attached hydrogen (secondary N) is 1. The number of amides is 1. The zero-order valence-electron chi connectivity index (χ0n) is 15.3. The number of para-hydroxylation sites is 1. The molecule has 0 aliphatic rings. The highest BCUT2D eigenvalue weighted by molar-refractivity contribution is 6.31. The molecule has 7 nitrogen and oxygen atoms in total. The van der Waals surface area contributed by atoms with Crippen LogP contribution in [0.25, 0.3) is 16.6 Å². The number of hydrogen-bond donors (Lipinski definition) is 1. The molecule has 0 spiro atoms. The van der Waals surface area contributed by atoms with Crippen LogP contribution in [0.3, 0.4) is 0 Å². The second-order valence-electron chi connectivity index (χ2n) is 6.36. The van der Waals surface area contributed by atoms with E-state index in [-0.39, 0.29) is 18.0 Å². The molecule has 4 rings (SSSR count). The summed E-state index contributed by atoms with van der Waals surface area (Å²) in [5.74, 6) is 0.104. The summed E-state index contributed by atoms with van der Waals surface area (Å²) < 4.78 is 8.34. The van der Waals surface area contributed by atoms with Gasteiger partial charge in [-0.05, 0) is 37.3 Å². The van der Waals surface area contributed by atoms with Crippen molar-refractivity contribution in [1.29, 1.82) is 0 Å². The third-order valence-electron chi connectivity index (χ3n) is 4.43. The standard InChI is InChI=1S/C20H17ClN4O3/c1-12-9-19-24(20(27)14-5-3-4-6-16(14)25(19)23-12)11-18(26)22-15-10-13(21)7-8-17(15)28-2/h3-10H,11H2,1-2H3,(H,22,26). The number of aromatic nitrogens is 3. The highest BCUT2D eigenvalue weighted by atomic mass is 35.5. The molecule has 8 heteroatoms. The second-order valence-corrected chi connectivity index (χ2v) is 6.79. The van der Waals surface area contributed by atoms with Crippen molar-refractivity contribution in [2.24, 2.45) is 0 Å². The van der Waals surface area contributed by atoms with Crippen LogP contribution in [0.1, 0.15) is 5.69 Å². The lowest BCUT2D eigenvalue weighted by Gasteiger charge is -2.13. The number of fused-ring (bicyclic) bond motifs is 3. The minimum atomic E-state index is -0.376. The number of carbonyl (C=O) groups is 1. The largest absolute Gasteiger partial charge is 0.495 e. The van der Waals surface area contributed by atoms with Crippen molar-refractivity contribution in [3.05, 3.63) is 69.6 Å². The van der Waals surface area contributed by atoms with E-state index in [1.165, 1.54) is 11.7 Å². The number of ether oxygens (including phenoxy) is 1. The summed E-state index contributed by atoms with van der Waals surface area (Å²) in [4.78, 5) is 25.7. The number of anilines is 1. The van der Waals surface area contributed by atoms with Gasteiger partial charge >= 0.3 is 0 Å². The first-order chi connectivity index (χ1) is 13.5. The molecule has 0 saturated heterocycles. The number of benzene rings is 2. The second kappa shape index (κ2) is 7.01. The summed E-state index contributed by atoms with van der Waals surface area (Å²) in [5, 5.41) is 8.18. The van der Waals surface area contributed by atoms with Gasteiger partial charge in [0.1, 0.15) is 17.9 Å². The number of rotatable bonds is 4. The maximum Gasteiger partial charge on any atom is 0.262 e. The molecule has 142 valence electrons. The Morgan fingerprint density at radius 1 is 1.21 bits per heavy atom. The minimum Gasteiger partial charge on any atom is -0.495 e. The van der Waals surface area contributed by atoms with Crippen molar-refractivity contribution in [2.75, 3.05) is 12.4 Å². The molecule has 4 aromatic rings. The smallest absolute Gasteiger partial charge is 0.262 e. The van der Waals surface area contributed by atoms with Gasteiger partial charge in [-0.25, -0.2) is 4.52 Å². The molecular formula is C20H17ClN4O3. The molecule has 0 unspecified atom stereocenters. The molecule has 1 amide bonds. The van der Waals surface area contributed by atoms with Crippen LogP contribution in [0.15, 0.2) is 53.3 Å². The molecular weight excluding hydrogens is 380 g/mol. The molecule has 0 saturated carbocycles. The average molecular weight is 397 g/mol. The molecule has 1 N–H and O–H groups in total. The molecule has 0 fully saturated rings. The van der Waals surface area contributed by atoms with Gasteiger partial charge < -0.3 is 10.1 Å². The van der Waals surface area contributed by atoms with E-state index in [1.54, 1.807) is 40.9 Å². The average Bonchev–Trinajstić information content (AvgIpc) is 3.07. The summed E-state index contributed by atoms with van der Waals surface area (Å²) in [5.41, 5.74) is 2.19. The van der Waals surface area contributed by atoms with Gasteiger partial charge in [0.25, 0.3) is 5.56 Å². The van der Waals surface area contributed by atoms with Crippen molar-refractivity contribution >= 4 is 39.7 Å². The molecule has 0 atom stereocenters. The number of carbonyl (C=O) groups excluding carboxylic acids is 1. The van der Waals surface area contributed by atoms with Gasteiger partial charge in [0, 0.05) is 11.1 Å². The van der Waals surface area contributed by atoms with Crippen molar-refractivity contribution in [3.63, 3.8) is 0 Å². The third kappa shape index (κ3) is 3.10. The van der Waals surface area contributed by atoms with Crippen LogP contribution in [0, 0.1) is 6.92 Å². The highest BCUT2D eigenvalue weighted by Crippen LogP contribution is 2.27. The van der Waals surface area contributed by atoms with Gasteiger partial charge in [0.05, 0.1) is 29.4 Å². The van der Waals surface area contributed by atoms with E-state index in [0.717, 1.165) is 5.69 Å². The predicted octanol–water partition coefficient (Wildman–Crippen LogP) is 3.26. The summed E-state index contributed by atoms with van der Waals surface area (Å²) in [6.45, 7) is 1.67. The van der Waals surface area contributed by atoms with Crippen molar-refractivity contribution in [3.8, 4) is 5.75 Å². The first-order valence-electron chi connectivity index (χ1n) is 8.59. The monoisotopic (exact) mass is 396 g/mol. The fraction of sp³-hybridized carbons (Fsp3) is 0.150. The lowest BCUT2D eigenvalue weighted by Crippen LogP contribution is -2.29. The molecule has 2 aromatic carbocycles. The van der Waals surface area contributed by atoms with Crippen LogP contribution < -0.4 is 15.6 Å². The van der Waals surface area contributed by atoms with E-state index in [9.17, 15) is 9.59 Å². The Balaban J connectivity index is 1.77. The maximum absolute atomic E-state index is 13.0. The minimum absolute atomic E-state index is 0.173. The number of hydrogen-bond acceptors (Lipinski definition) is 4. The topological polar surface area (TPSA) is 77.6 Å². The van der Waals surface area contributed by atoms with Crippen LogP contribution >= 0.6 is 11.6 Å². The van der Waals surface area contributed by atoms with Crippen molar-refractivity contribution in [2.45, 2.75) is 13.5 Å². The molecule has 0 aliphatic heterocycles. The Morgan fingerprint density at radius 2 is 2.00 bits per heavy atom. The lowest BCUT2D eigenvalue weighted by molar-refractivity contribution is -0.116. The first-order valence-corrected chi connectivity index (χ1v) is 8.97. The predicted molar refractivity (Wildman–Crippen MR) is 108 cm³/mol. The van der Waals surface area contributed by atoms with Gasteiger partial charge in [0.15, 0.2) is 0 Å². The lowest BCUT2D eigenvalue weighted by atomic mass is 10.2. The van der Waals surface area contributed by atoms with Gasteiger partial charge in [-0.1, -0.05) is 23.7 Å². The number of methoxy groups -OCH3 is 1. The van der Waals surface area contributed by atoms with Crippen LogP contribution in [-0.4, -0.2) is 27.2 Å². The van der Waals surface area contributed by atoms with E-state index >= 15 is 0 Å². The fourth-order valence-corrected chi connectivity index (χ4v) is 3.38. The molecule has 28 heavy (non-hydrogen) atoms. The van der Waals surface area contributed by atoms with E-state index in [4.69, 9.17) is 16.3 Å². The third-order valence-corrected chi connectivity index (χ3v) is 4.67. The molecule has 2 heterocycles. The van der Waals surface area contributed by atoms with E-state index < -0.39 is 0 Å². The Kier molecular flexibility index (Phi) is 4.52. The summed E-state index contributed by atoms with van der Waals surface area (Å²) in [7, 11) is 1.51. The van der Waals surface area contributed by atoms with Crippen molar-refractivity contribution in [1.82, 2.24) is 14.2 Å². The van der Waals surface area contributed by atoms with Gasteiger partial charge in [0.2, 0.25) is 5.91 Å².